The summed E-state index contributed by atoms with van der Waals surface area (Å²) in [5, 5.41) is 7.32. The summed E-state index contributed by atoms with van der Waals surface area (Å²) in [7, 11) is 3.55. The number of nitriles is 1. The van der Waals surface area contributed by atoms with Gasteiger partial charge in [-0.25, -0.2) is 0 Å². The van der Waals surface area contributed by atoms with Crippen LogP contribution in [0.2, 0.25) is 0 Å². The number of aryl methyl sites for hydroxylation is 1. The molecule has 1 aromatic carbocycles. The molecule has 0 aromatic heterocycles. The average Bonchev–Trinajstić information content (AvgIpc) is 2.85. The van der Waals surface area contributed by atoms with E-state index in [0.29, 0.717) is 5.91 Å². The Morgan fingerprint density at radius 3 is 1.78 bits per heavy atom. The second kappa shape index (κ2) is 13.8. The minimum absolute atomic E-state index is 0.0417. The van der Waals surface area contributed by atoms with Crippen LogP contribution in [0.1, 0.15) is 46.1 Å². The summed E-state index contributed by atoms with van der Waals surface area (Å²) < 4.78 is 4.94. The molecule has 1 saturated heterocycles. The highest BCUT2D eigenvalue weighted by Gasteiger charge is 2.14. The van der Waals surface area contributed by atoms with Crippen LogP contribution in [-0.4, -0.2) is 37.1 Å². The minimum atomic E-state index is 0.0417. The molecular weight excluding hydrogens is 288 g/mol. The molecule has 4 heteroatoms. The Balaban J connectivity index is 0. The van der Waals surface area contributed by atoms with Crippen molar-refractivity contribution in [3.63, 3.8) is 0 Å². The van der Waals surface area contributed by atoms with E-state index in [9.17, 15) is 4.79 Å². The predicted octanol–water partition coefficient (Wildman–Crippen LogP) is 4.19. The molecule has 0 N–H and O–H groups in total. The average molecular weight is 320 g/mol. The van der Waals surface area contributed by atoms with Gasteiger partial charge in [-0.1, -0.05) is 35.9 Å². The van der Waals surface area contributed by atoms with Gasteiger partial charge in [-0.15, -0.1) is 0 Å². The van der Waals surface area contributed by atoms with Gasteiger partial charge in [0.05, 0.1) is 11.7 Å². The summed E-state index contributed by atoms with van der Waals surface area (Å²) in [5.41, 5.74) is 1.36. The Bertz CT molecular complexity index is 445. The molecule has 0 unspecified atom stereocenters. The molecule has 0 aliphatic carbocycles. The molecule has 0 saturated carbocycles. The maximum absolute atomic E-state index is 10.5. The Kier molecular flexibility index (Phi) is 14.0. The summed E-state index contributed by atoms with van der Waals surface area (Å²) >= 11 is 0. The number of hydrogen-bond acceptors (Lipinski definition) is 3. The zero-order valence-electron chi connectivity index (χ0n) is 15.7. The van der Waals surface area contributed by atoms with Crippen LogP contribution >= 0.6 is 0 Å². The van der Waals surface area contributed by atoms with Gasteiger partial charge in [0.25, 0.3) is 0 Å². The molecule has 1 aromatic rings. The molecule has 0 spiro atoms. The van der Waals surface area contributed by atoms with Crippen molar-refractivity contribution in [1.82, 2.24) is 4.90 Å². The molecule has 0 radical (unpaired) electrons. The normalized spacial score (nSPS) is 12.6. The van der Waals surface area contributed by atoms with E-state index >= 15 is 0 Å². The van der Waals surface area contributed by atoms with Gasteiger partial charge in [0.1, 0.15) is 0 Å². The molecule has 130 valence electrons. The number of nitrogens with zero attached hydrogens (tertiary/aromatic N) is 2. The summed E-state index contributed by atoms with van der Waals surface area (Å²) in [6.07, 6.45) is 1.81. The third kappa shape index (κ3) is 18.1. The number of rotatable bonds is 0. The molecule has 1 aliphatic rings. The first-order valence-corrected chi connectivity index (χ1v) is 7.79. The van der Waals surface area contributed by atoms with Crippen LogP contribution in [-0.2, 0) is 9.53 Å². The van der Waals surface area contributed by atoms with Crippen LogP contribution < -0.4 is 0 Å². The molecular formula is C19H32N2O2. The third-order valence-corrected chi connectivity index (χ3v) is 2.86. The van der Waals surface area contributed by atoms with Crippen molar-refractivity contribution >= 4 is 5.91 Å². The first-order chi connectivity index (χ1) is 10.7. The number of amides is 1. The van der Waals surface area contributed by atoms with Crippen LogP contribution in [0.4, 0.5) is 0 Å². The molecule has 1 amide bonds. The van der Waals surface area contributed by atoms with Crippen molar-refractivity contribution < 1.29 is 9.53 Å². The molecule has 2 rings (SSSR count). The molecule has 1 fully saturated rings. The quantitative estimate of drug-likeness (QED) is 0.720. The Morgan fingerprint density at radius 1 is 1.22 bits per heavy atom. The lowest BCUT2D eigenvalue weighted by Crippen LogP contribution is -2.17. The fourth-order valence-electron chi connectivity index (χ4n) is 1.32. The zero-order valence-corrected chi connectivity index (χ0v) is 15.7. The second-order valence-electron chi connectivity index (χ2n) is 6.11. The van der Waals surface area contributed by atoms with Crippen LogP contribution in [0.5, 0.6) is 0 Å². The lowest BCUT2D eigenvalue weighted by Gasteiger charge is -2.14. The lowest BCUT2D eigenvalue weighted by molar-refractivity contribution is -0.126. The van der Waals surface area contributed by atoms with Crippen LogP contribution in [0.3, 0.4) is 0 Å². The summed E-state index contributed by atoms with van der Waals surface area (Å²) in [6, 6.07) is 12.0. The number of ether oxygens (including phenoxy) is 1. The molecule has 1 heterocycles. The number of carbonyl (C=O) groups excluding carboxylic acids is 1. The van der Waals surface area contributed by atoms with Gasteiger partial charge in [-0.05, 0) is 34.1 Å². The number of carbonyl (C=O) groups is 1. The van der Waals surface area contributed by atoms with Gasteiger partial charge in [-0.3, -0.25) is 4.79 Å². The van der Waals surface area contributed by atoms with E-state index in [2.05, 4.69) is 19.1 Å². The highest BCUT2D eigenvalue weighted by Crippen LogP contribution is 2.04. The van der Waals surface area contributed by atoms with Gasteiger partial charge in [0.15, 0.2) is 0 Å². The second-order valence-corrected chi connectivity index (χ2v) is 6.11. The maximum Gasteiger partial charge on any atom is 0.222 e. The van der Waals surface area contributed by atoms with Crippen molar-refractivity contribution in [1.29, 1.82) is 5.26 Å². The molecule has 23 heavy (non-hydrogen) atoms. The van der Waals surface area contributed by atoms with Gasteiger partial charge >= 0.3 is 0 Å². The SMILES string of the molecule is CC#N.CN1CCCC1=O.COC(C)(C)C.Cc1ccccc1. The smallest absolute Gasteiger partial charge is 0.222 e. The van der Waals surface area contributed by atoms with Crippen molar-refractivity contribution in [2.24, 2.45) is 0 Å². The van der Waals surface area contributed by atoms with E-state index in [1.54, 1.807) is 18.1 Å². The van der Waals surface area contributed by atoms with E-state index in [1.807, 2.05) is 46.0 Å². The fraction of sp³-hybridized carbons (Fsp3) is 0.579. The summed E-state index contributed by atoms with van der Waals surface area (Å²) in [5.74, 6) is 0.292. The van der Waals surface area contributed by atoms with Crippen LogP contribution in [0, 0.1) is 18.3 Å². The monoisotopic (exact) mass is 320 g/mol. The minimum Gasteiger partial charge on any atom is -0.379 e. The van der Waals surface area contributed by atoms with Crippen molar-refractivity contribution in [2.75, 3.05) is 20.7 Å². The van der Waals surface area contributed by atoms with Gasteiger partial charge in [-0.2, -0.15) is 5.26 Å². The van der Waals surface area contributed by atoms with Crippen molar-refractivity contribution in [3.05, 3.63) is 35.9 Å². The summed E-state index contributed by atoms with van der Waals surface area (Å²) in [4.78, 5) is 12.3. The number of methoxy groups -OCH3 is 1. The molecule has 0 bridgehead atoms. The Hall–Kier alpha value is -1.86. The van der Waals surface area contributed by atoms with E-state index in [-0.39, 0.29) is 5.60 Å². The molecule has 4 nitrogen and oxygen atoms in total. The van der Waals surface area contributed by atoms with E-state index in [0.717, 1.165) is 19.4 Å². The zero-order chi connectivity index (χ0) is 18.3. The van der Waals surface area contributed by atoms with E-state index in [4.69, 9.17) is 10.00 Å². The van der Waals surface area contributed by atoms with Gasteiger partial charge < -0.3 is 9.64 Å². The van der Waals surface area contributed by atoms with Crippen LogP contribution in [0.15, 0.2) is 30.3 Å². The van der Waals surface area contributed by atoms with Crippen molar-refractivity contribution in [2.45, 2.75) is 53.1 Å². The maximum atomic E-state index is 10.5. The highest BCUT2D eigenvalue weighted by atomic mass is 16.5. The topological polar surface area (TPSA) is 53.3 Å². The first-order valence-electron chi connectivity index (χ1n) is 7.79. The number of hydrogen-bond donors (Lipinski definition) is 0. The fourth-order valence-corrected chi connectivity index (χ4v) is 1.32. The first kappa shape index (κ1) is 23.4. The Morgan fingerprint density at radius 2 is 1.65 bits per heavy atom. The van der Waals surface area contributed by atoms with Gasteiger partial charge in [0, 0.05) is 34.0 Å². The third-order valence-electron chi connectivity index (χ3n) is 2.86. The Labute approximate surface area is 142 Å². The van der Waals surface area contributed by atoms with Crippen LogP contribution in [0.25, 0.3) is 0 Å². The number of benzene rings is 1. The van der Waals surface area contributed by atoms with E-state index in [1.165, 1.54) is 12.5 Å². The van der Waals surface area contributed by atoms with Crippen molar-refractivity contribution in [3.8, 4) is 6.07 Å². The largest absolute Gasteiger partial charge is 0.379 e. The highest BCUT2D eigenvalue weighted by molar-refractivity contribution is 5.77. The lowest BCUT2D eigenvalue weighted by atomic mass is 10.2. The predicted molar refractivity (Wildman–Crippen MR) is 96.1 cm³/mol. The molecule has 1 aliphatic heterocycles. The number of likely N-dealkylation sites (tertiary alicyclic amines) is 1. The standard InChI is InChI=1S/C7H8.C5H9NO.C5H12O.C2H3N/c1-7-5-3-2-4-6-7;1-6-4-2-3-5(6)7;1-5(2,3)6-4;1-2-3/h2-6H,1H3;2-4H2,1H3;1-4H3;1H3. The molecule has 0 atom stereocenters. The van der Waals surface area contributed by atoms with Gasteiger partial charge in [0.2, 0.25) is 5.91 Å². The summed E-state index contributed by atoms with van der Waals surface area (Å²) in [6.45, 7) is 10.5. The van der Waals surface area contributed by atoms with E-state index < -0.39 is 0 Å².